The van der Waals surface area contributed by atoms with E-state index in [1.807, 2.05) is 0 Å². The Labute approximate surface area is 111 Å². The summed E-state index contributed by atoms with van der Waals surface area (Å²) in [5.41, 5.74) is 4.51. The first kappa shape index (κ1) is 14.1. The molecule has 96 valence electrons. The lowest BCUT2D eigenvalue weighted by Gasteiger charge is -2.10. The Bertz CT molecular complexity index is 518. The van der Waals surface area contributed by atoms with E-state index in [-0.39, 0.29) is 11.3 Å². The molecule has 0 aliphatic carbocycles. The number of rotatable bonds is 4. The van der Waals surface area contributed by atoms with Crippen LogP contribution >= 0.6 is 15.9 Å². The fourth-order valence-electron chi connectivity index (χ4n) is 1.19. The summed E-state index contributed by atoms with van der Waals surface area (Å²) >= 11 is 3.08. The van der Waals surface area contributed by atoms with Gasteiger partial charge in [-0.1, -0.05) is 15.9 Å². The van der Waals surface area contributed by atoms with Gasteiger partial charge in [-0.15, -0.1) is 0 Å². The van der Waals surface area contributed by atoms with Crippen molar-refractivity contribution in [3.05, 3.63) is 38.3 Å². The summed E-state index contributed by atoms with van der Waals surface area (Å²) in [5.74, 6) is -1.44. The van der Waals surface area contributed by atoms with Crippen LogP contribution in [0.4, 0.5) is 5.69 Å². The van der Waals surface area contributed by atoms with Gasteiger partial charge in [0.1, 0.15) is 11.6 Å². The van der Waals surface area contributed by atoms with Gasteiger partial charge in [-0.3, -0.25) is 19.7 Å². The number of nitrogens with zero attached hydrogens (tertiary/aromatic N) is 1. The maximum absolute atomic E-state index is 11.8. The maximum atomic E-state index is 11.8. The molecule has 8 heteroatoms. The van der Waals surface area contributed by atoms with Crippen molar-refractivity contribution in [3.63, 3.8) is 0 Å². The Morgan fingerprint density at radius 3 is 2.61 bits per heavy atom. The second-order valence-corrected chi connectivity index (χ2v) is 4.43. The third-order valence-corrected chi connectivity index (χ3v) is 2.67. The van der Waals surface area contributed by atoms with Crippen LogP contribution < -0.4 is 11.1 Å². The average Bonchev–Trinajstić information content (AvgIpc) is 2.28. The minimum Gasteiger partial charge on any atom is -0.368 e. The van der Waals surface area contributed by atoms with Crippen molar-refractivity contribution in [3.8, 4) is 0 Å². The van der Waals surface area contributed by atoms with Gasteiger partial charge in [-0.2, -0.15) is 0 Å². The number of nitro groups is 1. The van der Waals surface area contributed by atoms with E-state index in [4.69, 9.17) is 5.73 Å². The summed E-state index contributed by atoms with van der Waals surface area (Å²) in [6.07, 6.45) is 0. The third-order valence-electron chi connectivity index (χ3n) is 2.18. The first-order chi connectivity index (χ1) is 8.32. The highest BCUT2D eigenvalue weighted by molar-refractivity contribution is 9.10. The maximum Gasteiger partial charge on any atom is 0.283 e. The lowest BCUT2D eigenvalue weighted by molar-refractivity contribution is -0.385. The summed E-state index contributed by atoms with van der Waals surface area (Å²) in [5, 5.41) is 13.1. The fraction of sp³-hybridized carbons (Fsp3) is 0.200. The summed E-state index contributed by atoms with van der Waals surface area (Å²) in [4.78, 5) is 32.7. The Morgan fingerprint density at radius 1 is 1.50 bits per heavy atom. The van der Waals surface area contributed by atoms with E-state index in [0.29, 0.717) is 4.47 Å². The molecule has 1 atom stereocenters. The van der Waals surface area contributed by atoms with Gasteiger partial charge in [0.25, 0.3) is 11.6 Å². The molecule has 0 fully saturated rings. The number of primary amides is 1. The highest BCUT2D eigenvalue weighted by Gasteiger charge is 2.22. The van der Waals surface area contributed by atoms with Gasteiger partial charge >= 0.3 is 0 Å². The number of halogens is 1. The molecule has 0 saturated carbocycles. The number of carbonyl (C=O) groups is 2. The van der Waals surface area contributed by atoms with E-state index in [9.17, 15) is 19.7 Å². The Kier molecular flexibility index (Phi) is 4.38. The number of nitro benzene ring substituents is 1. The first-order valence-corrected chi connectivity index (χ1v) is 5.66. The molecule has 7 nitrogen and oxygen atoms in total. The molecule has 0 unspecified atom stereocenters. The Morgan fingerprint density at radius 2 is 2.11 bits per heavy atom. The second-order valence-electron chi connectivity index (χ2n) is 3.52. The van der Waals surface area contributed by atoms with Crippen molar-refractivity contribution in [1.29, 1.82) is 0 Å². The number of nitrogens with one attached hydrogen (secondary N) is 1. The molecule has 0 aromatic heterocycles. The summed E-state index contributed by atoms with van der Waals surface area (Å²) in [7, 11) is 0. The average molecular weight is 316 g/mol. The number of amides is 2. The molecular formula is C10H10BrN3O4. The minimum atomic E-state index is -0.902. The van der Waals surface area contributed by atoms with Crippen molar-refractivity contribution >= 4 is 33.4 Å². The van der Waals surface area contributed by atoms with E-state index >= 15 is 0 Å². The fourth-order valence-corrected chi connectivity index (χ4v) is 1.54. The molecular weight excluding hydrogens is 306 g/mol. The lowest BCUT2D eigenvalue weighted by Crippen LogP contribution is -2.42. The third kappa shape index (κ3) is 3.27. The van der Waals surface area contributed by atoms with E-state index in [0.717, 1.165) is 0 Å². The number of hydrogen-bond donors (Lipinski definition) is 2. The van der Waals surface area contributed by atoms with Crippen molar-refractivity contribution in [2.45, 2.75) is 13.0 Å². The number of nitrogens with two attached hydrogens (primary N) is 1. The minimum absolute atomic E-state index is 0.128. The number of hydrogen-bond acceptors (Lipinski definition) is 4. The largest absolute Gasteiger partial charge is 0.368 e. The second kappa shape index (κ2) is 5.58. The van der Waals surface area contributed by atoms with Crippen LogP contribution in [-0.2, 0) is 4.79 Å². The molecule has 0 aliphatic rings. The quantitative estimate of drug-likeness (QED) is 0.636. The molecule has 3 N–H and O–H groups in total. The molecule has 1 rings (SSSR count). The van der Waals surface area contributed by atoms with Crippen LogP contribution in [0.1, 0.15) is 17.3 Å². The smallest absolute Gasteiger partial charge is 0.283 e. The van der Waals surface area contributed by atoms with Crippen LogP contribution in [-0.4, -0.2) is 22.8 Å². The van der Waals surface area contributed by atoms with Crippen LogP contribution in [0.25, 0.3) is 0 Å². The van der Waals surface area contributed by atoms with Gasteiger partial charge < -0.3 is 11.1 Å². The number of benzene rings is 1. The monoisotopic (exact) mass is 315 g/mol. The van der Waals surface area contributed by atoms with Crippen molar-refractivity contribution < 1.29 is 14.5 Å². The zero-order chi connectivity index (χ0) is 13.9. The molecule has 2 amide bonds. The molecule has 1 aromatic carbocycles. The predicted molar refractivity (Wildman–Crippen MR) is 66.9 cm³/mol. The first-order valence-electron chi connectivity index (χ1n) is 4.87. The van der Waals surface area contributed by atoms with Gasteiger partial charge in [0.2, 0.25) is 5.91 Å². The van der Waals surface area contributed by atoms with Crippen molar-refractivity contribution in [2.24, 2.45) is 5.73 Å². The van der Waals surface area contributed by atoms with E-state index in [1.165, 1.54) is 25.1 Å². The zero-order valence-corrected chi connectivity index (χ0v) is 10.9. The van der Waals surface area contributed by atoms with Crippen LogP contribution in [0.3, 0.4) is 0 Å². The Hall–Kier alpha value is -1.96. The molecule has 18 heavy (non-hydrogen) atoms. The predicted octanol–water partition coefficient (Wildman–Crippen LogP) is 0.961. The van der Waals surface area contributed by atoms with Gasteiger partial charge in [0.15, 0.2) is 0 Å². The van der Waals surface area contributed by atoms with Gasteiger partial charge in [0, 0.05) is 10.5 Å². The topological polar surface area (TPSA) is 115 Å². The molecule has 0 spiro atoms. The van der Waals surface area contributed by atoms with E-state index < -0.39 is 22.8 Å². The lowest BCUT2D eigenvalue weighted by atomic mass is 10.1. The van der Waals surface area contributed by atoms with Crippen LogP contribution in [0, 0.1) is 10.1 Å². The zero-order valence-electron chi connectivity index (χ0n) is 9.34. The molecule has 1 aromatic rings. The van der Waals surface area contributed by atoms with Gasteiger partial charge in [0.05, 0.1) is 4.92 Å². The van der Waals surface area contributed by atoms with Crippen molar-refractivity contribution in [2.75, 3.05) is 0 Å². The highest BCUT2D eigenvalue weighted by Crippen LogP contribution is 2.23. The molecule has 0 aliphatic heterocycles. The van der Waals surface area contributed by atoms with Crippen molar-refractivity contribution in [1.82, 2.24) is 5.32 Å². The Balaban J connectivity index is 3.06. The van der Waals surface area contributed by atoms with Crippen LogP contribution in [0.15, 0.2) is 22.7 Å². The van der Waals surface area contributed by atoms with Gasteiger partial charge in [-0.05, 0) is 19.1 Å². The van der Waals surface area contributed by atoms with E-state index in [2.05, 4.69) is 21.2 Å². The highest BCUT2D eigenvalue weighted by atomic mass is 79.9. The van der Waals surface area contributed by atoms with Crippen LogP contribution in [0.5, 0.6) is 0 Å². The summed E-state index contributed by atoms with van der Waals surface area (Å²) < 4.78 is 0.480. The van der Waals surface area contributed by atoms with Crippen LogP contribution in [0.2, 0.25) is 0 Å². The number of carbonyl (C=O) groups excluding carboxylic acids is 2. The normalized spacial score (nSPS) is 11.7. The summed E-state index contributed by atoms with van der Waals surface area (Å²) in [6.45, 7) is 1.39. The standard InChI is InChI=1S/C10H10BrN3O4/c1-5(9(12)15)13-10(16)7-3-2-6(11)4-8(7)14(17)18/h2-5H,1H3,(H2,12,15)(H,13,16)/t5-/m0/s1. The molecule has 0 heterocycles. The molecule has 0 radical (unpaired) electrons. The molecule has 0 bridgehead atoms. The SMILES string of the molecule is C[C@H](NC(=O)c1ccc(Br)cc1[N+](=O)[O-])C(N)=O. The van der Waals surface area contributed by atoms with E-state index in [1.54, 1.807) is 0 Å². The summed E-state index contributed by atoms with van der Waals surface area (Å²) in [6, 6.07) is 3.10. The molecule has 0 saturated heterocycles. The van der Waals surface area contributed by atoms with Gasteiger partial charge in [-0.25, -0.2) is 0 Å².